The number of benzene rings is 9. The van der Waals surface area contributed by atoms with E-state index >= 15 is 0 Å². The van der Waals surface area contributed by atoms with Gasteiger partial charge in [-0.3, -0.25) is 0 Å². The predicted octanol–water partition coefficient (Wildman–Crippen LogP) is 13.6. The summed E-state index contributed by atoms with van der Waals surface area (Å²) < 4.78 is 2.47. The van der Waals surface area contributed by atoms with E-state index in [9.17, 15) is 0 Å². The third-order valence-corrected chi connectivity index (χ3v) is 12.1. The Labute approximate surface area is 328 Å². The monoisotopic (exact) mass is 722 g/mol. The molecule has 0 amide bonds. The van der Waals surface area contributed by atoms with E-state index in [0.29, 0.717) is 17.5 Å². The zero-order valence-electron chi connectivity index (χ0n) is 30.6. The molecular formula is C53H30N4. The molecule has 57 heavy (non-hydrogen) atoms. The molecule has 4 heteroatoms. The Bertz CT molecular complexity index is 3450. The maximum atomic E-state index is 5.32. The number of fused-ring (bicyclic) bond motifs is 6. The Balaban J connectivity index is 1.17. The van der Waals surface area contributed by atoms with Crippen LogP contribution in [-0.2, 0) is 0 Å². The highest BCUT2D eigenvalue weighted by Gasteiger charge is 2.30. The van der Waals surface area contributed by atoms with Gasteiger partial charge in [-0.2, -0.15) is 0 Å². The van der Waals surface area contributed by atoms with Crippen LogP contribution in [0.15, 0.2) is 182 Å². The quantitative estimate of drug-likeness (QED) is 0.182. The molecule has 0 atom stereocenters. The molecule has 0 aliphatic heterocycles. The number of nitrogens with zero attached hydrogens (tertiary/aromatic N) is 4. The molecule has 0 fully saturated rings. The molecule has 262 valence electrons. The van der Waals surface area contributed by atoms with Crippen molar-refractivity contribution in [2.45, 2.75) is 0 Å². The van der Waals surface area contributed by atoms with Crippen molar-refractivity contribution in [3.63, 3.8) is 0 Å². The smallest absolute Gasteiger partial charge is 0.164 e. The van der Waals surface area contributed by atoms with Gasteiger partial charge >= 0.3 is 0 Å². The molecule has 9 aromatic carbocycles. The van der Waals surface area contributed by atoms with Crippen molar-refractivity contribution in [3.8, 4) is 84.4 Å². The van der Waals surface area contributed by atoms with Crippen LogP contribution in [0.1, 0.15) is 0 Å². The highest BCUT2D eigenvalue weighted by atomic mass is 15.0. The van der Waals surface area contributed by atoms with Crippen LogP contribution >= 0.6 is 0 Å². The summed E-state index contributed by atoms with van der Waals surface area (Å²) in [4.78, 5) is 15.7. The topological polar surface area (TPSA) is 43.6 Å². The van der Waals surface area contributed by atoms with Gasteiger partial charge in [-0.05, 0) is 84.8 Å². The fourth-order valence-electron chi connectivity index (χ4n) is 9.74. The normalized spacial score (nSPS) is 12.2. The standard InChI is InChI=1S/C53H30N4/c1-3-13-33(14-4-1)51-54-52(34-15-5-2-6-16-34)56-53(55-51)43-30-35(29-42-40-23-9-17-31-18-11-25-41(46(31)40)48(42)43)57-44-26-12-24-39-37-21-8-7-20-36(37)38-22-10-19-32-27-28-45(57)50(47(32)38)49(39)44/h1-30H. The molecule has 0 saturated carbocycles. The van der Waals surface area contributed by atoms with E-state index in [2.05, 4.69) is 150 Å². The fourth-order valence-corrected chi connectivity index (χ4v) is 9.74. The van der Waals surface area contributed by atoms with Crippen LogP contribution in [0.25, 0.3) is 128 Å². The average Bonchev–Trinajstić information content (AvgIpc) is 3.76. The summed E-state index contributed by atoms with van der Waals surface area (Å²) in [6.45, 7) is 0. The molecule has 2 heterocycles. The van der Waals surface area contributed by atoms with Gasteiger partial charge in [-0.1, -0.05) is 158 Å². The Morgan fingerprint density at radius 3 is 1.46 bits per heavy atom. The molecule has 0 N–H and O–H groups in total. The maximum absolute atomic E-state index is 5.32. The first-order valence-corrected chi connectivity index (χ1v) is 19.5. The van der Waals surface area contributed by atoms with E-state index in [1.165, 1.54) is 82.3 Å². The Kier molecular flexibility index (Phi) is 6.13. The lowest BCUT2D eigenvalue weighted by atomic mass is 9.93. The van der Waals surface area contributed by atoms with Crippen molar-refractivity contribution in [2.75, 3.05) is 0 Å². The van der Waals surface area contributed by atoms with Gasteiger partial charge in [0, 0.05) is 38.7 Å². The van der Waals surface area contributed by atoms with Gasteiger partial charge in [-0.15, -0.1) is 0 Å². The van der Waals surface area contributed by atoms with Gasteiger partial charge in [0.1, 0.15) is 0 Å². The summed E-state index contributed by atoms with van der Waals surface area (Å²) in [5.41, 5.74) is 16.1. The van der Waals surface area contributed by atoms with Gasteiger partial charge in [0.05, 0.1) is 11.0 Å². The van der Waals surface area contributed by atoms with Gasteiger partial charge < -0.3 is 4.57 Å². The largest absolute Gasteiger partial charge is 0.309 e. The molecule has 11 aromatic rings. The molecule has 0 saturated heterocycles. The van der Waals surface area contributed by atoms with E-state index < -0.39 is 0 Å². The molecule has 0 unspecified atom stereocenters. The molecule has 0 radical (unpaired) electrons. The number of hydrogen-bond acceptors (Lipinski definition) is 3. The molecule has 0 bridgehead atoms. The number of hydrogen-bond donors (Lipinski definition) is 0. The second-order valence-electron chi connectivity index (χ2n) is 15.1. The van der Waals surface area contributed by atoms with Crippen LogP contribution < -0.4 is 0 Å². The third-order valence-electron chi connectivity index (χ3n) is 12.1. The van der Waals surface area contributed by atoms with E-state index in [4.69, 9.17) is 15.0 Å². The van der Waals surface area contributed by atoms with E-state index in [1.54, 1.807) is 0 Å². The van der Waals surface area contributed by atoms with Crippen LogP contribution in [0.2, 0.25) is 0 Å². The lowest BCUT2D eigenvalue weighted by Crippen LogP contribution is -2.03. The zero-order valence-corrected chi connectivity index (χ0v) is 30.6. The molecule has 2 aromatic heterocycles. The van der Waals surface area contributed by atoms with Gasteiger partial charge in [0.25, 0.3) is 0 Å². The first kappa shape index (κ1) is 30.6. The van der Waals surface area contributed by atoms with Crippen molar-refractivity contribution < 1.29 is 0 Å². The summed E-state index contributed by atoms with van der Waals surface area (Å²) in [5.74, 6) is 1.94. The first-order chi connectivity index (χ1) is 28.3. The van der Waals surface area contributed by atoms with Crippen LogP contribution in [0.4, 0.5) is 0 Å². The van der Waals surface area contributed by atoms with Crippen molar-refractivity contribution in [1.82, 2.24) is 19.5 Å². The van der Waals surface area contributed by atoms with Gasteiger partial charge in [0.15, 0.2) is 17.5 Å². The highest BCUT2D eigenvalue weighted by molar-refractivity contribution is 6.30. The SMILES string of the molecule is c1ccc(-c2nc(-c3ccccc3)nc(-c3cc(-n4c5cccc6c5c5c7c(cccc7ccc54)-c4ccccc4-6)cc4c3-c3cccc5cccc-4c35)n2)cc1. The van der Waals surface area contributed by atoms with Crippen LogP contribution in [0, 0.1) is 0 Å². The second kappa shape index (κ2) is 11.4. The molecular weight excluding hydrogens is 693 g/mol. The number of rotatable bonds is 4. The minimum absolute atomic E-state index is 0.647. The minimum Gasteiger partial charge on any atom is -0.309 e. The Morgan fingerprint density at radius 1 is 0.298 bits per heavy atom. The van der Waals surface area contributed by atoms with Crippen molar-refractivity contribution in [2.24, 2.45) is 0 Å². The van der Waals surface area contributed by atoms with Crippen LogP contribution in [0.5, 0.6) is 0 Å². The summed E-state index contributed by atoms with van der Waals surface area (Å²) in [6.07, 6.45) is 0. The highest BCUT2D eigenvalue weighted by Crippen LogP contribution is 2.54. The predicted molar refractivity (Wildman–Crippen MR) is 234 cm³/mol. The van der Waals surface area contributed by atoms with Crippen molar-refractivity contribution >= 4 is 43.4 Å². The van der Waals surface area contributed by atoms with Crippen LogP contribution in [-0.4, -0.2) is 19.5 Å². The summed E-state index contributed by atoms with van der Waals surface area (Å²) in [6, 6.07) is 65.5. The third kappa shape index (κ3) is 4.24. The maximum Gasteiger partial charge on any atom is 0.164 e. The lowest BCUT2D eigenvalue weighted by Gasteiger charge is -2.17. The Morgan fingerprint density at radius 2 is 0.789 bits per heavy atom. The molecule has 13 rings (SSSR count). The second-order valence-corrected chi connectivity index (χ2v) is 15.1. The first-order valence-electron chi connectivity index (χ1n) is 19.5. The molecule has 2 aliphatic rings. The fraction of sp³-hybridized carbons (Fsp3) is 0. The van der Waals surface area contributed by atoms with Gasteiger partial charge in [0.2, 0.25) is 0 Å². The lowest BCUT2D eigenvalue weighted by molar-refractivity contribution is 1.07. The summed E-state index contributed by atoms with van der Waals surface area (Å²) in [5, 5.41) is 7.60. The zero-order chi connectivity index (χ0) is 37.2. The molecule has 2 aliphatic carbocycles. The Hall–Kier alpha value is -7.69. The summed E-state index contributed by atoms with van der Waals surface area (Å²) in [7, 11) is 0. The van der Waals surface area contributed by atoms with Crippen molar-refractivity contribution in [3.05, 3.63) is 182 Å². The summed E-state index contributed by atoms with van der Waals surface area (Å²) >= 11 is 0. The van der Waals surface area contributed by atoms with E-state index in [0.717, 1.165) is 27.9 Å². The van der Waals surface area contributed by atoms with Crippen LogP contribution in [0.3, 0.4) is 0 Å². The molecule has 0 spiro atoms. The van der Waals surface area contributed by atoms with E-state index in [-0.39, 0.29) is 0 Å². The van der Waals surface area contributed by atoms with Crippen molar-refractivity contribution in [1.29, 1.82) is 0 Å². The van der Waals surface area contributed by atoms with E-state index in [1.807, 2.05) is 36.4 Å². The molecule has 4 nitrogen and oxygen atoms in total. The average molecular weight is 723 g/mol. The van der Waals surface area contributed by atoms with Gasteiger partial charge in [-0.25, -0.2) is 15.0 Å². The minimum atomic E-state index is 0.647. The number of aromatic nitrogens is 4.